The first-order valence-corrected chi connectivity index (χ1v) is 11.1. The van der Waals surface area contributed by atoms with Gasteiger partial charge in [0.25, 0.3) is 0 Å². The van der Waals surface area contributed by atoms with Crippen LogP contribution in [0.2, 0.25) is 0 Å². The van der Waals surface area contributed by atoms with Crippen LogP contribution >= 0.6 is 0 Å². The SMILES string of the molecule is CCCCCCCCC=CCCCCCCCCOC(C)CN(C)C. The molecule has 0 amide bonds. The number of likely N-dealkylation sites (N-methyl/N-ethyl adjacent to an activating group) is 1. The average molecular weight is 354 g/mol. The fourth-order valence-electron chi connectivity index (χ4n) is 3.20. The number of ether oxygens (including phenoxy) is 1. The molecule has 0 bridgehead atoms. The van der Waals surface area contributed by atoms with E-state index in [0.717, 1.165) is 13.2 Å². The highest BCUT2D eigenvalue weighted by Gasteiger charge is 2.02. The van der Waals surface area contributed by atoms with E-state index in [1.54, 1.807) is 0 Å². The van der Waals surface area contributed by atoms with E-state index >= 15 is 0 Å². The minimum atomic E-state index is 0.359. The Morgan fingerprint density at radius 3 is 1.72 bits per heavy atom. The minimum absolute atomic E-state index is 0.359. The molecule has 0 saturated heterocycles. The molecular formula is C23H47NO. The third-order valence-corrected chi connectivity index (χ3v) is 4.68. The van der Waals surface area contributed by atoms with Crippen LogP contribution in [0.15, 0.2) is 12.2 Å². The summed E-state index contributed by atoms with van der Waals surface area (Å²) in [6, 6.07) is 0. The number of rotatable bonds is 19. The summed E-state index contributed by atoms with van der Waals surface area (Å²) in [5.74, 6) is 0. The Hall–Kier alpha value is -0.340. The summed E-state index contributed by atoms with van der Waals surface area (Å²) in [7, 11) is 4.20. The van der Waals surface area contributed by atoms with Gasteiger partial charge in [-0.15, -0.1) is 0 Å². The zero-order valence-corrected chi connectivity index (χ0v) is 17.9. The smallest absolute Gasteiger partial charge is 0.0673 e. The van der Waals surface area contributed by atoms with E-state index < -0.39 is 0 Å². The Morgan fingerprint density at radius 2 is 1.20 bits per heavy atom. The summed E-state index contributed by atoms with van der Waals surface area (Å²) in [6.07, 6.45) is 24.2. The minimum Gasteiger partial charge on any atom is -0.377 e. The molecule has 0 aliphatic carbocycles. The van der Waals surface area contributed by atoms with Crippen LogP contribution in [0.4, 0.5) is 0 Å². The molecule has 0 aliphatic heterocycles. The Kier molecular flexibility index (Phi) is 19.7. The molecule has 150 valence electrons. The first kappa shape index (κ1) is 24.7. The number of nitrogens with zero attached hydrogens (tertiary/aromatic N) is 1. The van der Waals surface area contributed by atoms with Crippen LogP contribution in [0.5, 0.6) is 0 Å². The maximum Gasteiger partial charge on any atom is 0.0673 e. The van der Waals surface area contributed by atoms with Crippen molar-refractivity contribution in [3.8, 4) is 0 Å². The lowest BCUT2D eigenvalue weighted by molar-refractivity contribution is 0.0458. The highest BCUT2D eigenvalue weighted by Crippen LogP contribution is 2.10. The van der Waals surface area contributed by atoms with E-state index in [2.05, 4.69) is 45.0 Å². The molecular weight excluding hydrogens is 306 g/mol. The lowest BCUT2D eigenvalue weighted by Crippen LogP contribution is -2.26. The third-order valence-electron chi connectivity index (χ3n) is 4.68. The quantitative estimate of drug-likeness (QED) is 0.183. The molecule has 0 aromatic carbocycles. The predicted molar refractivity (Wildman–Crippen MR) is 113 cm³/mol. The summed E-state index contributed by atoms with van der Waals surface area (Å²) in [5, 5.41) is 0. The maximum atomic E-state index is 5.82. The first-order chi connectivity index (χ1) is 12.2. The van der Waals surface area contributed by atoms with Crippen LogP contribution in [0.25, 0.3) is 0 Å². The molecule has 2 nitrogen and oxygen atoms in total. The van der Waals surface area contributed by atoms with Crippen molar-refractivity contribution < 1.29 is 4.74 Å². The molecule has 0 spiro atoms. The van der Waals surface area contributed by atoms with Gasteiger partial charge in [0.1, 0.15) is 0 Å². The second kappa shape index (κ2) is 20.0. The molecule has 0 heterocycles. The molecule has 2 heteroatoms. The predicted octanol–water partition coefficient (Wildman–Crippen LogP) is 6.99. The molecule has 0 aliphatic rings. The Bertz CT molecular complexity index is 275. The standard InChI is InChI=1S/C23H47NO/c1-5-6-7-8-9-10-11-12-13-14-15-16-17-18-19-20-21-25-23(2)22-24(3)4/h12-13,23H,5-11,14-22H2,1-4H3. The molecule has 0 rings (SSSR count). The van der Waals surface area contributed by atoms with Gasteiger partial charge in [-0.05, 0) is 53.1 Å². The van der Waals surface area contributed by atoms with Crippen LogP contribution in [0.1, 0.15) is 104 Å². The fraction of sp³-hybridized carbons (Fsp3) is 0.913. The lowest BCUT2D eigenvalue weighted by Gasteiger charge is -2.17. The van der Waals surface area contributed by atoms with Gasteiger partial charge in [0, 0.05) is 13.2 Å². The molecule has 0 saturated carbocycles. The highest BCUT2D eigenvalue weighted by molar-refractivity contribution is 4.81. The molecule has 0 radical (unpaired) electrons. The summed E-state index contributed by atoms with van der Waals surface area (Å²) in [5.41, 5.74) is 0. The number of allylic oxidation sites excluding steroid dienone is 2. The van der Waals surface area contributed by atoms with Gasteiger partial charge >= 0.3 is 0 Å². The normalized spacial score (nSPS) is 13.2. The van der Waals surface area contributed by atoms with Gasteiger partial charge in [-0.2, -0.15) is 0 Å². The number of hydrogen-bond acceptors (Lipinski definition) is 2. The van der Waals surface area contributed by atoms with Crippen molar-refractivity contribution in [1.82, 2.24) is 4.90 Å². The van der Waals surface area contributed by atoms with E-state index in [9.17, 15) is 0 Å². The fourth-order valence-corrected chi connectivity index (χ4v) is 3.20. The number of unbranched alkanes of at least 4 members (excludes halogenated alkanes) is 12. The Morgan fingerprint density at radius 1 is 0.720 bits per heavy atom. The van der Waals surface area contributed by atoms with Crippen molar-refractivity contribution in [1.29, 1.82) is 0 Å². The van der Waals surface area contributed by atoms with E-state index in [1.807, 2.05) is 0 Å². The van der Waals surface area contributed by atoms with Gasteiger partial charge in [0.2, 0.25) is 0 Å². The van der Waals surface area contributed by atoms with Crippen molar-refractivity contribution in [2.45, 2.75) is 110 Å². The van der Waals surface area contributed by atoms with Gasteiger partial charge in [-0.25, -0.2) is 0 Å². The van der Waals surface area contributed by atoms with E-state index in [-0.39, 0.29) is 0 Å². The lowest BCUT2D eigenvalue weighted by atomic mass is 10.1. The second-order valence-electron chi connectivity index (χ2n) is 7.88. The van der Waals surface area contributed by atoms with Crippen molar-refractivity contribution in [3.63, 3.8) is 0 Å². The van der Waals surface area contributed by atoms with Gasteiger partial charge in [-0.1, -0.05) is 76.9 Å². The van der Waals surface area contributed by atoms with E-state index in [0.29, 0.717) is 6.10 Å². The molecule has 0 fully saturated rings. The zero-order chi connectivity index (χ0) is 18.6. The molecule has 1 atom stereocenters. The number of hydrogen-bond donors (Lipinski definition) is 0. The van der Waals surface area contributed by atoms with Crippen molar-refractivity contribution in [2.24, 2.45) is 0 Å². The Balaban J connectivity index is 3.14. The van der Waals surface area contributed by atoms with Crippen LogP contribution in [0, 0.1) is 0 Å². The largest absolute Gasteiger partial charge is 0.377 e. The second-order valence-corrected chi connectivity index (χ2v) is 7.88. The summed E-state index contributed by atoms with van der Waals surface area (Å²) < 4.78 is 5.82. The summed E-state index contributed by atoms with van der Waals surface area (Å²) in [4.78, 5) is 2.19. The van der Waals surface area contributed by atoms with Gasteiger partial charge in [0.15, 0.2) is 0 Å². The van der Waals surface area contributed by atoms with Crippen LogP contribution in [-0.4, -0.2) is 38.3 Å². The van der Waals surface area contributed by atoms with Crippen LogP contribution in [-0.2, 0) is 4.74 Å². The summed E-state index contributed by atoms with van der Waals surface area (Å²) >= 11 is 0. The van der Waals surface area contributed by atoms with E-state index in [4.69, 9.17) is 4.74 Å². The van der Waals surface area contributed by atoms with Crippen LogP contribution in [0.3, 0.4) is 0 Å². The maximum absolute atomic E-state index is 5.82. The molecule has 0 aromatic heterocycles. The van der Waals surface area contributed by atoms with Gasteiger partial charge < -0.3 is 9.64 Å². The van der Waals surface area contributed by atoms with Crippen LogP contribution < -0.4 is 0 Å². The van der Waals surface area contributed by atoms with Crippen molar-refractivity contribution in [2.75, 3.05) is 27.2 Å². The average Bonchev–Trinajstić information content (AvgIpc) is 2.57. The molecule has 25 heavy (non-hydrogen) atoms. The molecule has 1 unspecified atom stereocenters. The third kappa shape index (κ3) is 21.6. The topological polar surface area (TPSA) is 12.5 Å². The molecule has 0 aromatic rings. The Labute approximate surface area is 159 Å². The van der Waals surface area contributed by atoms with Crippen molar-refractivity contribution in [3.05, 3.63) is 12.2 Å². The monoisotopic (exact) mass is 353 g/mol. The summed E-state index contributed by atoms with van der Waals surface area (Å²) in [6.45, 7) is 6.40. The molecule has 0 N–H and O–H groups in total. The first-order valence-electron chi connectivity index (χ1n) is 11.1. The van der Waals surface area contributed by atoms with Gasteiger partial charge in [0.05, 0.1) is 6.10 Å². The van der Waals surface area contributed by atoms with E-state index in [1.165, 1.54) is 89.9 Å². The zero-order valence-electron chi connectivity index (χ0n) is 17.9. The van der Waals surface area contributed by atoms with Gasteiger partial charge in [-0.3, -0.25) is 0 Å². The van der Waals surface area contributed by atoms with Crippen molar-refractivity contribution >= 4 is 0 Å². The highest BCUT2D eigenvalue weighted by atomic mass is 16.5.